The molecule has 1 saturated heterocycles. The van der Waals surface area contributed by atoms with E-state index in [4.69, 9.17) is 21.6 Å². The van der Waals surface area contributed by atoms with Gasteiger partial charge in [0.1, 0.15) is 18.3 Å². The van der Waals surface area contributed by atoms with E-state index in [1.165, 1.54) is 0 Å². The lowest BCUT2D eigenvalue weighted by atomic mass is 9.91. The molecule has 10 N–H and O–H groups in total. The van der Waals surface area contributed by atoms with Crippen LogP contribution >= 0.6 is 0 Å². The minimum Gasteiger partial charge on any atom is -0.394 e. The molecule has 5 atom stereocenters. The van der Waals surface area contributed by atoms with E-state index in [2.05, 4.69) is 15.6 Å². The summed E-state index contributed by atoms with van der Waals surface area (Å²) in [5.74, 6) is -0.0385. The van der Waals surface area contributed by atoms with Gasteiger partial charge in [0, 0.05) is 6.54 Å². The van der Waals surface area contributed by atoms with Gasteiger partial charge in [0.05, 0.1) is 18.8 Å². The normalized spacial score (nSPS) is 28.3. The quantitative estimate of drug-likeness (QED) is 0.116. The highest BCUT2D eigenvalue weighted by atomic mass is 16.5. The monoisotopic (exact) mass is 402 g/mol. The summed E-state index contributed by atoms with van der Waals surface area (Å²) in [5, 5.41) is 42.4. The van der Waals surface area contributed by atoms with Crippen molar-refractivity contribution in [3.8, 4) is 0 Å². The fraction of sp³-hybridized carbons (Fsp3) is 0.889. The van der Waals surface area contributed by atoms with Gasteiger partial charge in [-0.25, -0.2) is 0 Å². The van der Waals surface area contributed by atoms with Crippen LogP contribution in [0.25, 0.3) is 0 Å². The first-order valence-electron chi connectivity index (χ1n) is 10.2. The number of aliphatic hydroxyl groups is 3. The van der Waals surface area contributed by atoms with Crippen LogP contribution in [0.3, 0.4) is 0 Å². The van der Waals surface area contributed by atoms with Gasteiger partial charge in [0.25, 0.3) is 0 Å². The Morgan fingerprint density at radius 2 is 1.68 bits per heavy atom. The number of nitrogens with two attached hydrogens (primary N) is 2. The number of nitrogens with one attached hydrogen (secondary N) is 3. The van der Waals surface area contributed by atoms with Crippen LogP contribution in [0.4, 0.5) is 0 Å². The van der Waals surface area contributed by atoms with Gasteiger partial charge in [-0.05, 0) is 25.8 Å². The lowest BCUT2D eigenvalue weighted by Gasteiger charge is -2.42. The third kappa shape index (κ3) is 8.70. The van der Waals surface area contributed by atoms with Crippen LogP contribution in [-0.2, 0) is 4.74 Å². The van der Waals surface area contributed by atoms with Crippen LogP contribution in [0.15, 0.2) is 4.99 Å². The Morgan fingerprint density at radius 1 is 1.04 bits per heavy atom. The van der Waals surface area contributed by atoms with Gasteiger partial charge in [0.2, 0.25) is 0 Å². The molecule has 10 heteroatoms. The number of unbranched alkanes of at least 4 members (excludes halogenated alkanes) is 5. The van der Waals surface area contributed by atoms with Gasteiger partial charge in [-0.3, -0.25) is 15.7 Å². The second kappa shape index (κ2) is 13.7. The van der Waals surface area contributed by atoms with E-state index in [0.717, 1.165) is 45.1 Å². The Bertz CT molecular complexity index is 477. The molecule has 0 saturated carbocycles. The molecule has 10 nitrogen and oxygen atoms in total. The lowest BCUT2D eigenvalue weighted by Crippen LogP contribution is -2.63. The van der Waals surface area contributed by atoms with Crippen molar-refractivity contribution in [2.24, 2.45) is 16.5 Å². The molecule has 0 aromatic heterocycles. The highest BCUT2D eigenvalue weighted by molar-refractivity contribution is 5.95. The molecule has 1 aliphatic rings. The van der Waals surface area contributed by atoms with Crippen molar-refractivity contribution in [1.29, 1.82) is 5.41 Å². The van der Waals surface area contributed by atoms with Crippen molar-refractivity contribution in [2.75, 3.05) is 19.7 Å². The summed E-state index contributed by atoms with van der Waals surface area (Å²) < 4.78 is 5.69. The van der Waals surface area contributed by atoms with Crippen LogP contribution in [0.2, 0.25) is 0 Å². The first-order valence-corrected chi connectivity index (χ1v) is 10.2. The molecule has 0 amide bonds. The minimum absolute atomic E-state index is 0.174. The molecule has 0 bridgehead atoms. The van der Waals surface area contributed by atoms with Crippen molar-refractivity contribution in [1.82, 2.24) is 10.6 Å². The number of guanidine groups is 2. The molecule has 1 aliphatic heterocycles. The third-order valence-corrected chi connectivity index (χ3v) is 4.94. The second-order valence-electron chi connectivity index (χ2n) is 7.19. The zero-order chi connectivity index (χ0) is 20.9. The number of aliphatic imine (C=N–C) groups is 1. The highest BCUT2D eigenvalue weighted by Crippen LogP contribution is 2.23. The van der Waals surface area contributed by atoms with Crippen molar-refractivity contribution < 1.29 is 20.1 Å². The summed E-state index contributed by atoms with van der Waals surface area (Å²) in [7, 11) is 0. The molecule has 0 aromatic carbocycles. The number of aliphatic hydroxyl groups excluding tert-OH is 3. The second-order valence-corrected chi connectivity index (χ2v) is 7.19. The molecule has 164 valence electrons. The predicted octanol–water partition coefficient (Wildman–Crippen LogP) is -1.03. The summed E-state index contributed by atoms with van der Waals surface area (Å²) in [5.41, 5.74) is 10.7. The summed E-state index contributed by atoms with van der Waals surface area (Å²) in [6, 6.07) is -0.324. The average Bonchev–Trinajstić information content (AvgIpc) is 2.65. The largest absolute Gasteiger partial charge is 0.394 e. The van der Waals surface area contributed by atoms with Crippen LogP contribution in [0, 0.1) is 5.41 Å². The number of nitrogens with zero attached hydrogens (tertiary/aromatic N) is 1. The summed E-state index contributed by atoms with van der Waals surface area (Å²) in [6.07, 6.45) is 4.01. The van der Waals surface area contributed by atoms with Gasteiger partial charge in [-0.2, -0.15) is 0 Å². The van der Waals surface area contributed by atoms with Crippen LogP contribution in [0.1, 0.15) is 51.9 Å². The first-order chi connectivity index (χ1) is 13.4. The number of rotatable bonds is 12. The molecule has 28 heavy (non-hydrogen) atoms. The maximum atomic E-state index is 10.3. The average molecular weight is 403 g/mol. The molecular weight excluding hydrogens is 364 g/mol. The van der Waals surface area contributed by atoms with E-state index in [1.54, 1.807) is 0 Å². The zero-order valence-corrected chi connectivity index (χ0v) is 16.8. The molecule has 1 rings (SSSR count). The van der Waals surface area contributed by atoms with Crippen LogP contribution in [-0.4, -0.2) is 77.4 Å². The molecule has 3 unspecified atom stereocenters. The molecule has 0 radical (unpaired) electrons. The van der Waals surface area contributed by atoms with Gasteiger partial charge < -0.3 is 36.8 Å². The Morgan fingerprint density at radius 3 is 2.29 bits per heavy atom. The third-order valence-electron chi connectivity index (χ3n) is 4.94. The highest BCUT2D eigenvalue weighted by Gasteiger charge is 2.42. The van der Waals surface area contributed by atoms with Crippen LogP contribution in [0.5, 0.6) is 0 Å². The van der Waals surface area contributed by atoms with Gasteiger partial charge in [0.15, 0.2) is 11.9 Å². The minimum atomic E-state index is -1.08. The fourth-order valence-corrected chi connectivity index (χ4v) is 3.38. The molecule has 1 heterocycles. The zero-order valence-electron chi connectivity index (χ0n) is 16.8. The van der Waals surface area contributed by atoms with E-state index in [0.29, 0.717) is 13.0 Å². The topological polar surface area (TPSA) is 182 Å². The van der Waals surface area contributed by atoms with Crippen molar-refractivity contribution in [2.45, 2.75) is 82.3 Å². The maximum absolute atomic E-state index is 10.3. The first kappa shape index (κ1) is 24.6. The molecule has 0 aliphatic carbocycles. The Balaban J connectivity index is 2.11. The summed E-state index contributed by atoms with van der Waals surface area (Å²) in [6.45, 7) is 3.02. The van der Waals surface area contributed by atoms with Gasteiger partial charge in [-0.1, -0.05) is 32.6 Å². The van der Waals surface area contributed by atoms with E-state index in [1.807, 2.05) is 6.92 Å². The number of ether oxygens (including phenoxy) is 1. The van der Waals surface area contributed by atoms with Gasteiger partial charge >= 0.3 is 0 Å². The molecule has 0 spiro atoms. The summed E-state index contributed by atoms with van der Waals surface area (Å²) in [4.78, 5) is 4.08. The van der Waals surface area contributed by atoms with Crippen molar-refractivity contribution in [3.63, 3.8) is 0 Å². The van der Waals surface area contributed by atoms with E-state index >= 15 is 0 Å². The Hall–Kier alpha value is -1.46. The smallest absolute Gasteiger partial charge is 0.195 e. The Kier molecular flexibility index (Phi) is 12.0. The molecule has 1 fully saturated rings. The summed E-state index contributed by atoms with van der Waals surface area (Å²) >= 11 is 0. The molecule has 0 aromatic rings. The van der Waals surface area contributed by atoms with Crippen molar-refractivity contribution >= 4 is 11.9 Å². The predicted molar refractivity (Wildman–Crippen MR) is 109 cm³/mol. The molecular formula is C18H38N6O4. The Labute approximate surface area is 167 Å². The van der Waals surface area contributed by atoms with Crippen LogP contribution < -0.4 is 22.1 Å². The maximum Gasteiger partial charge on any atom is 0.195 e. The lowest BCUT2D eigenvalue weighted by molar-refractivity contribution is -0.194. The number of hydrogen-bond acceptors (Lipinski definition) is 7. The standard InChI is InChI=1S/C18H38N6O4/c1-2-12-14(16(27)15(26)13(11-25)28-12)22-9-7-5-3-4-6-8-10-23-18(21)24-17(19)20/h12-16,22,25-27H,2-11H2,1H3,(H6,19,20,21,23,24)/t12-,13?,14?,15+,16?/m0/s1. The number of hydrogen-bond donors (Lipinski definition) is 8. The van der Waals surface area contributed by atoms with E-state index in [-0.39, 0.29) is 30.7 Å². The fourth-order valence-electron chi connectivity index (χ4n) is 3.38. The SMILES string of the molecule is CC[C@@H]1OC(CO)[C@@H](O)C(O)C1NCCCCCCCCN=C(N)NC(=N)N. The van der Waals surface area contributed by atoms with Crippen molar-refractivity contribution in [3.05, 3.63) is 0 Å². The van der Waals surface area contributed by atoms with E-state index < -0.39 is 18.3 Å². The van der Waals surface area contributed by atoms with Gasteiger partial charge in [-0.15, -0.1) is 0 Å². The van der Waals surface area contributed by atoms with E-state index in [9.17, 15) is 15.3 Å².